The van der Waals surface area contributed by atoms with Crippen LogP contribution in [0.3, 0.4) is 0 Å². The number of nitrogens with one attached hydrogen (secondary N) is 1. The van der Waals surface area contributed by atoms with Crippen molar-refractivity contribution >= 4 is 24.0 Å². The zero-order valence-electron chi connectivity index (χ0n) is 9.73. The Morgan fingerprint density at radius 1 is 1.47 bits per heavy atom. The lowest BCUT2D eigenvalue weighted by Gasteiger charge is -2.26. The van der Waals surface area contributed by atoms with Crippen molar-refractivity contribution in [1.82, 2.24) is 5.32 Å². The summed E-state index contributed by atoms with van der Waals surface area (Å²) in [4.78, 5) is 10.5. The van der Waals surface area contributed by atoms with Gasteiger partial charge in [-0.2, -0.15) is 0 Å². The molecule has 0 spiro atoms. The van der Waals surface area contributed by atoms with Gasteiger partial charge in [0.25, 0.3) is 0 Å². The first-order chi connectivity index (χ1) is 8.30. The third kappa shape index (κ3) is 2.31. The van der Waals surface area contributed by atoms with Crippen LogP contribution in [0.4, 0.5) is 0 Å². The fraction of sp³-hybridized carbons (Fsp3) is 0.385. The summed E-state index contributed by atoms with van der Waals surface area (Å²) in [6.07, 6.45) is 3.47. The van der Waals surface area contributed by atoms with Gasteiger partial charge < -0.3 is 10.1 Å². The van der Waals surface area contributed by atoms with Gasteiger partial charge >= 0.3 is 0 Å². The Balaban J connectivity index is 2.39. The molecule has 1 atom stereocenters. The van der Waals surface area contributed by atoms with Crippen LogP contribution in [-0.2, 0) is 17.6 Å². The number of methoxy groups -OCH3 is 1. The van der Waals surface area contributed by atoms with E-state index < -0.39 is 0 Å². The van der Waals surface area contributed by atoms with Crippen molar-refractivity contribution in [3.63, 3.8) is 0 Å². The van der Waals surface area contributed by atoms with Crippen molar-refractivity contribution in [3.8, 4) is 5.75 Å². The number of amides is 1. The molecule has 0 bridgehead atoms. The van der Waals surface area contributed by atoms with Gasteiger partial charge in [-0.05, 0) is 42.0 Å². The average molecular weight is 249 g/mol. The highest BCUT2D eigenvalue weighted by Gasteiger charge is 2.22. The molecule has 1 aromatic rings. The van der Waals surface area contributed by atoms with Crippen molar-refractivity contribution in [2.24, 2.45) is 0 Å². The topological polar surface area (TPSA) is 38.3 Å². The Morgan fingerprint density at radius 2 is 2.29 bits per heavy atom. The average Bonchev–Trinajstić information content (AvgIpc) is 2.37. The first-order valence-electron chi connectivity index (χ1n) is 5.63. The lowest BCUT2D eigenvalue weighted by atomic mass is 9.85. The molecular formula is C13H15NO2S. The Morgan fingerprint density at radius 3 is 2.94 bits per heavy atom. The van der Waals surface area contributed by atoms with Crippen LogP contribution < -0.4 is 10.1 Å². The molecular weight excluding hydrogens is 234 g/mol. The summed E-state index contributed by atoms with van der Waals surface area (Å²) in [5.74, 6) is 0.887. The van der Waals surface area contributed by atoms with Crippen LogP contribution in [0.15, 0.2) is 12.1 Å². The molecule has 17 heavy (non-hydrogen) atoms. The molecule has 4 heteroatoms. The monoisotopic (exact) mass is 249 g/mol. The van der Waals surface area contributed by atoms with E-state index in [2.05, 4.69) is 5.32 Å². The van der Waals surface area contributed by atoms with Crippen LogP contribution in [0.5, 0.6) is 5.75 Å². The van der Waals surface area contributed by atoms with Crippen LogP contribution in [0.1, 0.15) is 23.1 Å². The molecule has 0 saturated heterocycles. The first-order valence-corrected chi connectivity index (χ1v) is 6.11. The Labute approximate surface area is 106 Å². The molecule has 90 valence electrons. The maximum atomic E-state index is 10.5. The van der Waals surface area contributed by atoms with Gasteiger partial charge in [0, 0.05) is 11.4 Å². The predicted molar refractivity (Wildman–Crippen MR) is 70.8 cm³/mol. The number of hydrogen-bond donors (Lipinski definition) is 1. The number of thiocarbonyl (C=S) groups is 1. The van der Waals surface area contributed by atoms with E-state index in [1.165, 1.54) is 11.1 Å². The van der Waals surface area contributed by atoms with Gasteiger partial charge in [-0.1, -0.05) is 18.3 Å². The minimum atomic E-state index is 0.203. The number of carbonyl (C=O) groups excluding carboxylic acids is 1. The quantitative estimate of drug-likeness (QED) is 0.651. The van der Waals surface area contributed by atoms with E-state index in [9.17, 15) is 4.79 Å². The second kappa shape index (κ2) is 5.27. The van der Waals surface area contributed by atoms with Crippen molar-refractivity contribution < 1.29 is 9.53 Å². The number of hydrogen-bond acceptors (Lipinski definition) is 3. The number of carbonyl (C=O) groups is 1. The predicted octanol–water partition coefficient (Wildman–Crippen LogP) is 1.65. The molecule has 0 heterocycles. The highest BCUT2D eigenvalue weighted by molar-refractivity contribution is 7.79. The third-order valence-corrected chi connectivity index (χ3v) is 3.52. The van der Waals surface area contributed by atoms with Crippen molar-refractivity contribution in [2.75, 3.05) is 7.11 Å². The van der Waals surface area contributed by atoms with Gasteiger partial charge in [-0.3, -0.25) is 4.79 Å². The van der Waals surface area contributed by atoms with E-state index in [1.807, 2.05) is 12.1 Å². The molecule has 0 saturated carbocycles. The molecule has 1 unspecified atom stereocenters. The first kappa shape index (κ1) is 12.0. The van der Waals surface area contributed by atoms with Crippen LogP contribution in [0.2, 0.25) is 0 Å². The van der Waals surface area contributed by atoms with Crippen molar-refractivity contribution in [1.29, 1.82) is 0 Å². The maximum Gasteiger partial charge on any atom is 0.207 e. The van der Waals surface area contributed by atoms with Gasteiger partial charge in [0.2, 0.25) is 6.41 Å². The fourth-order valence-corrected chi connectivity index (χ4v) is 2.64. The van der Waals surface area contributed by atoms with Gasteiger partial charge in [-0.25, -0.2) is 0 Å². The molecule has 1 aliphatic carbocycles. The highest BCUT2D eigenvalue weighted by Crippen LogP contribution is 2.31. The molecule has 0 aromatic heterocycles. The SMILES string of the molecule is COc1ccc(C=S)c2c1CC(NC=O)CC2. The molecule has 0 radical (unpaired) electrons. The Hall–Kier alpha value is -1.42. The van der Waals surface area contributed by atoms with Gasteiger partial charge in [0.1, 0.15) is 5.75 Å². The van der Waals surface area contributed by atoms with Crippen LogP contribution >= 0.6 is 12.2 Å². The number of benzene rings is 1. The normalized spacial score (nSPS) is 18.1. The van der Waals surface area contributed by atoms with Crippen LogP contribution in [-0.4, -0.2) is 24.9 Å². The van der Waals surface area contributed by atoms with Gasteiger partial charge in [0.05, 0.1) is 7.11 Å². The Bertz CT molecular complexity index is 445. The molecule has 0 aliphatic heterocycles. The summed E-state index contributed by atoms with van der Waals surface area (Å²) in [5.41, 5.74) is 3.54. The molecule has 3 nitrogen and oxygen atoms in total. The molecule has 1 aliphatic rings. The summed E-state index contributed by atoms with van der Waals surface area (Å²) in [6, 6.07) is 4.15. The summed E-state index contributed by atoms with van der Waals surface area (Å²) in [5, 5.41) is 4.56. The second-order valence-corrected chi connectivity index (χ2v) is 4.39. The number of fused-ring (bicyclic) bond motifs is 1. The minimum absolute atomic E-state index is 0.203. The Kier molecular flexibility index (Phi) is 3.74. The summed E-state index contributed by atoms with van der Waals surface area (Å²) < 4.78 is 5.37. The van der Waals surface area contributed by atoms with E-state index in [4.69, 9.17) is 17.0 Å². The van der Waals surface area contributed by atoms with Crippen molar-refractivity contribution in [2.45, 2.75) is 25.3 Å². The lowest BCUT2D eigenvalue weighted by molar-refractivity contribution is -0.110. The van der Waals surface area contributed by atoms with E-state index in [1.54, 1.807) is 12.5 Å². The summed E-state index contributed by atoms with van der Waals surface area (Å²) in [7, 11) is 1.67. The van der Waals surface area contributed by atoms with E-state index in [0.29, 0.717) is 0 Å². The van der Waals surface area contributed by atoms with Crippen molar-refractivity contribution in [3.05, 3.63) is 28.8 Å². The minimum Gasteiger partial charge on any atom is -0.496 e. The summed E-state index contributed by atoms with van der Waals surface area (Å²) in [6.45, 7) is 0. The molecule has 1 N–H and O–H groups in total. The van der Waals surface area contributed by atoms with E-state index in [0.717, 1.165) is 37.0 Å². The fourth-order valence-electron chi connectivity index (χ4n) is 2.42. The van der Waals surface area contributed by atoms with Crippen LogP contribution in [0, 0.1) is 0 Å². The second-order valence-electron chi connectivity index (χ2n) is 4.16. The standard InChI is InChI=1S/C13H15NO2S/c1-16-13-5-2-9(7-17)11-4-3-10(14-8-15)6-12(11)13/h2,5,7-8,10H,3-4,6H2,1H3,(H,14,15). The summed E-state index contributed by atoms with van der Waals surface area (Å²) >= 11 is 5.03. The van der Waals surface area contributed by atoms with Crippen LogP contribution in [0.25, 0.3) is 0 Å². The van der Waals surface area contributed by atoms with Gasteiger partial charge in [-0.15, -0.1) is 0 Å². The van der Waals surface area contributed by atoms with E-state index in [-0.39, 0.29) is 6.04 Å². The zero-order chi connectivity index (χ0) is 12.3. The smallest absolute Gasteiger partial charge is 0.207 e. The van der Waals surface area contributed by atoms with Gasteiger partial charge in [0.15, 0.2) is 0 Å². The number of rotatable bonds is 4. The largest absolute Gasteiger partial charge is 0.496 e. The lowest BCUT2D eigenvalue weighted by Crippen LogP contribution is -2.34. The maximum absolute atomic E-state index is 10.5. The molecule has 2 rings (SSSR count). The zero-order valence-corrected chi connectivity index (χ0v) is 10.5. The number of ether oxygens (including phenoxy) is 1. The molecule has 1 aromatic carbocycles. The highest BCUT2D eigenvalue weighted by atomic mass is 32.1. The molecule has 0 fully saturated rings. The molecule has 1 amide bonds. The third-order valence-electron chi connectivity index (χ3n) is 3.27. The van der Waals surface area contributed by atoms with E-state index >= 15 is 0 Å².